The van der Waals surface area contributed by atoms with E-state index in [-0.39, 0.29) is 16.9 Å². The van der Waals surface area contributed by atoms with Crippen LogP contribution in [-0.4, -0.2) is 28.9 Å². The summed E-state index contributed by atoms with van der Waals surface area (Å²) in [6.07, 6.45) is -3.93. The molecule has 1 saturated heterocycles. The van der Waals surface area contributed by atoms with Crippen LogP contribution >= 0.6 is 0 Å². The van der Waals surface area contributed by atoms with Crippen LogP contribution in [0.25, 0.3) is 10.9 Å². The number of aromatic amines is 1. The zero-order chi connectivity index (χ0) is 21.7. The van der Waals surface area contributed by atoms with Crippen LogP contribution in [0.3, 0.4) is 0 Å². The van der Waals surface area contributed by atoms with E-state index in [1.54, 1.807) is 12.1 Å². The highest BCUT2D eigenvalue weighted by molar-refractivity contribution is 5.97. The summed E-state index contributed by atoms with van der Waals surface area (Å²) in [6, 6.07) is 10.5. The number of rotatable bonds is 2. The predicted molar refractivity (Wildman–Crippen MR) is 104 cm³/mol. The Balaban J connectivity index is 1.63. The first-order chi connectivity index (χ1) is 14.1. The van der Waals surface area contributed by atoms with E-state index in [1.165, 1.54) is 29.2 Å². The fraction of sp³-hybridized carbons (Fsp3) is 0.273. The van der Waals surface area contributed by atoms with Crippen LogP contribution in [0.4, 0.5) is 17.6 Å². The lowest BCUT2D eigenvalue weighted by Gasteiger charge is -2.25. The molecular weight excluding hydrogens is 400 g/mol. The molecule has 30 heavy (non-hydrogen) atoms. The zero-order valence-electron chi connectivity index (χ0n) is 16.0. The summed E-state index contributed by atoms with van der Waals surface area (Å²) < 4.78 is 52.3. The van der Waals surface area contributed by atoms with Crippen LogP contribution in [0.1, 0.15) is 34.8 Å². The van der Waals surface area contributed by atoms with E-state index in [1.807, 2.05) is 6.92 Å². The Morgan fingerprint density at radius 2 is 1.90 bits per heavy atom. The molecule has 1 fully saturated rings. The van der Waals surface area contributed by atoms with Gasteiger partial charge in [-0.3, -0.25) is 9.59 Å². The normalized spacial score (nSPS) is 19.4. The van der Waals surface area contributed by atoms with Gasteiger partial charge in [0, 0.05) is 24.0 Å². The first-order valence-corrected chi connectivity index (χ1v) is 9.36. The molecule has 4 rings (SSSR count). The van der Waals surface area contributed by atoms with Crippen LogP contribution in [0.15, 0.2) is 53.3 Å². The minimum atomic E-state index is -4.53. The number of likely N-dealkylation sites (tertiary alicyclic amines) is 1. The molecule has 1 aliphatic rings. The predicted octanol–water partition coefficient (Wildman–Crippen LogP) is 4.49. The lowest BCUT2D eigenvalue weighted by atomic mass is 9.82. The van der Waals surface area contributed by atoms with Gasteiger partial charge in [0.25, 0.3) is 11.5 Å². The third kappa shape index (κ3) is 3.58. The molecule has 1 N–H and O–H groups in total. The molecule has 156 valence electrons. The number of hydrogen-bond donors (Lipinski definition) is 1. The Morgan fingerprint density at radius 1 is 1.13 bits per heavy atom. The number of pyridine rings is 1. The van der Waals surface area contributed by atoms with E-state index < -0.39 is 28.6 Å². The molecule has 0 saturated carbocycles. The topological polar surface area (TPSA) is 53.2 Å². The number of amides is 1. The van der Waals surface area contributed by atoms with Gasteiger partial charge in [0.1, 0.15) is 11.4 Å². The van der Waals surface area contributed by atoms with E-state index >= 15 is 0 Å². The number of aromatic nitrogens is 1. The Kier molecular flexibility index (Phi) is 4.67. The largest absolute Gasteiger partial charge is 0.416 e. The highest BCUT2D eigenvalue weighted by Gasteiger charge is 2.38. The Hall–Kier alpha value is -3.16. The SMILES string of the molecule is CC1(c2cccc(F)c2)CCN(C(=O)c2cc3ccc(C(F)(F)F)cc3[nH]c2=O)C1. The van der Waals surface area contributed by atoms with Gasteiger partial charge >= 0.3 is 6.18 Å². The van der Waals surface area contributed by atoms with Gasteiger partial charge in [-0.1, -0.05) is 25.1 Å². The summed E-state index contributed by atoms with van der Waals surface area (Å²) in [7, 11) is 0. The number of halogens is 4. The van der Waals surface area contributed by atoms with Crippen LogP contribution in [0, 0.1) is 5.82 Å². The molecule has 0 spiro atoms. The number of nitrogens with zero attached hydrogens (tertiary/aromatic N) is 1. The summed E-state index contributed by atoms with van der Waals surface area (Å²) in [5, 5.41) is 0.332. The fourth-order valence-corrected chi connectivity index (χ4v) is 3.94. The smallest absolute Gasteiger partial charge is 0.338 e. The minimum absolute atomic E-state index is 0.0115. The van der Waals surface area contributed by atoms with Crippen LogP contribution in [0.5, 0.6) is 0 Å². The van der Waals surface area contributed by atoms with Gasteiger partial charge in [-0.2, -0.15) is 13.2 Å². The second-order valence-corrected chi connectivity index (χ2v) is 7.86. The molecule has 0 radical (unpaired) electrons. The number of hydrogen-bond acceptors (Lipinski definition) is 2. The van der Waals surface area contributed by atoms with E-state index in [9.17, 15) is 27.2 Å². The third-order valence-corrected chi connectivity index (χ3v) is 5.69. The van der Waals surface area contributed by atoms with Crippen molar-refractivity contribution in [2.24, 2.45) is 0 Å². The Labute approximate surface area is 169 Å². The monoisotopic (exact) mass is 418 g/mol. The summed E-state index contributed by atoms with van der Waals surface area (Å²) in [6.45, 7) is 2.62. The van der Waals surface area contributed by atoms with Gasteiger partial charge in [0.05, 0.1) is 5.56 Å². The van der Waals surface area contributed by atoms with Crippen molar-refractivity contribution in [3.8, 4) is 0 Å². The average molecular weight is 418 g/mol. The van der Waals surface area contributed by atoms with Crippen LogP contribution in [0.2, 0.25) is 0 Å². The molecule has 8 heteroatoms. The molecule has 1 unspecified atom stereocenters. The van der Waals surface area contributed by atoms with Gasteiger partial charge in [-0.15, -0.1) is 0 Å². The standard InChI is InChI=1S/C22H18F4N2O2/c1-21(14-3-2-4-16(23)10-14)7-8-28(12-21)20(30)17-9-13-5-6-15(22(24,25)26)11-18(13)27-19(17)29/h2-6,9-11H,7-8,12H2,1H3,(H,27,29). The summed E-state index contributed by atoms with van der Waals surface area (Å²) in [5.41, 5.74) is -1.43. The lowest BCUT2D eigenvalue weighted by Crippen LogP contribution is -2.35. The maximum absolute atomic E-state index is 13.6. The molecule has 2 heterocycles. The molecule has 1 aliphatic heterocycles. The van der Waals surface area contributed by atoms with Gasteiger partial charge in [0.2, 0.25) is 0 Å². The Bertz CT molecular complexity index is 1200. The first-order valence-electron chi connectivity index (χ1n) is 9.36. The molecule has 2 aromatic carbocycles. The van der Waals surface area contributed by atoms with Crippen molar-refractivity contribution >= 4 is 16.8 Å². The number of fused-ring (bicyclic) bond motifs is 1. The van der Waals surface area contributed by atoms with Crippen molar-refractivity contribution in [2.45, 2.75) is 24.9 Å². The quantitative estimate of drug-likeness (QED) is 0.624. The number of alkyl halides is 3. The van der Waals surface area contributed by atoms with E-state index in [2.05, 4.69) is 4.98 Å². The van der Waals surface area contributed by atoms with Crippen molar-refractivity contribution in [3.05, 3.63) is 81.4 Å². The second-order valence-electron chi connectivity index (χ2n) is 7.86. The molecule has 1 amide bonds. The van der Waals surface area contributed by atoms with Crippen molar-refractivity contribution < 1.29 is 22.4 Å². The van der Waals surface area contributed by atoms with Crippen LogP contribution in [-0.2, 0) is 11.6 Å². The van der Waals surface area contributed by atoms with Crippen LogP contribution < -0.4 is 5.56 Å². The first kappa shape index (κ1) is 20.1. The Morgan fingerprint density at radius 3 is 2.60 bits per heavy atom. The summed E-state index contributed by atoms with van der Waals surface area (Å²) in [5.74, 6) is -0.860. The summed E-state index contributed by atoms with van der Waals surface area (Å²) in [4.78, 5) is 29.3. The van der Waals surface area contributed by atoms with Crippen molar-refractivity contribution in [2.75, 3.05) is 13.1 Å². The van der Waals surface area contributed by atoms with Gasteiger partial charge < -0.3 is 9.88 Å². The molecule has 1 atom stereocenters. The second kappa shape index (κ2) is 6.97. The molecule has 3 aromatic rings. The maximum Gasteiger partial charge on any atom is 0.416 e. The highest BCUT2D eigenvalue weighted by Crippen LogP contribution is 2.35. The van der Waals surface area contributed by atoms with E-state index in [4.69, 9.17) is 0 Å². The highest BCUT2D eigenvalue weighted by atomic mass is 19.4. The van der Waals surface area contributed by atoms with Crippen molar-refractivity contribution in [1.82, 2.24) is 9.88 Å². The number of benzene rings is 2. The van der Waals surface area contributed by atoms with E-state index in [0.717, 1.165) is 17.7 Å². The fourth-order valence-electron chi connectivity index (χ4n) is 3.94. The molecule has 0 bridgehead atoms. The molecule has 1 aromatic heterocycles. The number of H-pyrrole nitrogens is 1. The maximum atomic E-state index is 13.6. The van der Waals surface area contributed by atoms with Crippen molar-refractivity contribution in [1.29, 1.82) is 0 Å². The van der Waals surface area contributed by atoms with Gasteiger partial charge in [-0.05, 0) is 47.7 Å². The number of carbonyl (C=O) groups excluding carboxylic acids is 1. The van der Waals surface area contributed by atoms with E-state index in [0.29, 0.717) is 24.9 Å². The van der Waals surface area contributed by atoms with Gasteiger partial charge in [0.15, 0.2) is 0 Å². The van der Waals surface area contributed by atoms with Gasteiger partial charge in [-0.25, -0.2) is 4.39 Å². The summed E-state index contributed by atoms with van der Waals surface area (Å²) >= 11 is 0. The zero-order valence-corrected chi connectivity index (χ0v) is 16.0. The minimum Gasteiger partial charge on any atom is -0.338 e. The lowest BCUT2D eigenvalue weighted by molar-refractivity contribution is -0.137. The molecule has 0 aliphatic carbocycles. The average Bonchev–Trinajstić information content (AvgIpc) is 3.09. The van der Waals surface area contributed by atoms with Crippen molar-refractivity contribution in [3.63, 3.8) is 0 Å². The number of carbonyl (C=O) groups is 1. The number of nitrogens with one attached hydrogen (secondary N) is 1. The molecule has 4 nitrogen and oxygen atoms in total. The molecular formula is C22H18F4N2O2. The third-order valence-electron chi connectivity index (χ3n) is 5.69.